The second-order valence-corrected chi connectivity index (χ2v) is 0.870. The number of rotatable bonds is 1. The van der Waals surface area contributed by atoms with E-state index in [0.29, 0.717) is 12.5 Å². The van der Waals surface area contributed by atoms with Gasteiger partial charge in [-0.15, -0.1) is 0 Å². The summed E-state index contributed by atoms with van der Waals surface area (Å²) >= 11 is 0. The van der Waals surface area contributed by atoms with Crippen LogP contribution >= 0.6 is 0 Å². The molecule has 0 spiro atoms. The van der Waals surface area contributed by atoms with E-state index < -0.39 is 0 Å². The summed E-state index contributed by atoms with van der Waals surface area (Å²) in [6.45, 7) is 0. The van der Waals surface area contributed by atoms with Crippen LogP contribution < -0.4 is 0 Å². The molecule has 0 aliphatic carbocycles. The minimum absolute atomic E-state index is 0.373. The molecule has 7 heavy (non-hydrogen) atoms. The highest BCUT2D eigenvalue weighted by Gasteiger charge is 1.76. The van der Waals surface area contributed by atoms with Gasteiger partial charge in [-0.25, -0.2) is 0 Å². The number of hydrogen-bond donors (Lipinski definition) is 3. The highest BCUT2D eigenvalue weighted by molar-refractivity contribution is 5.03. The summed E-state index contributed by atoms with van der Waals surface area (Å²) in [7, 11) is 0. The van der Waals surface area contributed by atoms with Crippen LogP contribution in [0, 0.1) is 0 Å². The minimum atomic E-state index is -0.373. The smallest absolute Gasteiger partial charge is 0.152 e. The predicted octanol–water partition coefficient (Wildman–Crippen LogP) is 1.02. The normalized spacial score (nSPS) is 12.9. The molecular formula is C4H6O3. The zero-order valence-electron chi connectivity index (χ0n) is 3.57. The van der Waals surface area contributed by atoms with Crippen LogP contribution in [-0.2, 0) is 0 Å². The van der Waals surface area contributed by atoms with Gasteiger partial charge in [-0.3, -0.25) is 0 Å². The quantitative estimate of drug-likeness (QED) is 0.342. The van der Waals surface area contributed by atoms with Crippen molar-refractivity contribution in [3.63, 3.8) is 0 Å². The second-order valence-electron chi connectivity index (χ2n) is 0.870. The molecule has 0 atom stereocenters. The van der Waals surface area contributed by atoms with E-state index in [-0.39, 0.29) is 5.76 Å². The number of allylic oxidation sites excluding steroid dienone is 1. The molecule has 0 aromatic carbocycles. The van der Waals surface area contributed by atoms with Crippen molar-refractivity contribution in [2.45, 2.75) is 0 Å². The van der Waals surface area contributed by atoms with Crippen LogP contribution in [0.25, 0.3) is 0 Å². The lowest BCUT2D eigenvalue weighted by Gasteiger charge is -1.80. The van der Waals surface area contributed by atoms with Crippen LogP contribution in [0.15, 0.2) is 24.4 Å². The van der Waals surface area contributed by atoms with Crippen molar-refractivity contribution >= 4 is 0 Å². The summed E-state index contributed by atoms with van der Waals surface area (Å²) in [5.41, 5.74) is 0. The molecule has 0 radical (unpaired) electrons. The summed E-state index contributed by atoms with van der Waals surface area (Å²) in [4.78, 5) is 0. The number of aliphatic hydroxyl groups is 3. The van der Waals surface area contributed by atoms with E-state index in [1.807, 2.05) is 0 Å². The number of aliphatic hydroxyl groups excluding tert-OH is 3. The van der Waals surface area contributed by atoms with Crippen LogP contribution in [-0.4, -0.2) is 15.3 Å². The minimum Gasteiger partial charge on any atom is -0.515 e. The molecule has 0 aromatic heterocycles. The van der Waals surface area contributed by atoms with E-state index in [0.717, 1.165) is 6.08 Å². The van der Waals surface area contributed by atoms with Crippen molar-refractivity contribution in [2.24, 2.45) is 0 Å². The van der Waals surface area contributed by atoms with E-state index in [2.05, 4.69) is 0 Å². The standard InChI is InChI=1S/C4H6O3/c5-2-1-4(7)3-6/h1-3,5-7H/b2-1+,4-3-. The average Bonchev–Trinajstić information content (AvgIpc) is 1.68. The molecule has 0 aliphatic rings. The Morgan fingerprint density at radius 2 is 1.86 bits per heavy atom. The van der Waals surface area contributed by atoms with Crippen molar-refractivity contribution in [3.8, 4) is 0 Å². The fraction of sp³-hybridized carbons (Fsp3) is 0. The van der Waals surface area contributed by atoms with Crippen LogP contribution in [0.3, 0.4) is 0 Å². The molecule has 0 rings (SSSR count). The highest BCUT2D eigenvalue weighted by atomic mass is 16.3. The zero-order chi connectivity index (χ0) is 5.70. The molecule has 0 saturated heterocycles. The van der Waals surface area contributed by atoms with E-state index in [1.165, 1.54) is 0 Å². The van der Waals surface area contributed by atoms with Gasteiger partial charge < -0.3 is 15.3 Å². The average molecular weight is 102 g/mol. The summed E-state index contributed by atoms with van der Waals surface area (Å²) in [5, 5.41) is 24.0. The van der Waals surface area contributed by atoms with Gasteiger partial charge in [-0.2, -0.15) is 0 Å². The molecule has 0 fully saturated rings. The Labute approximate surface area is 40.8 Å². The first-order valence-electron chi connectivity index (χ1n) is 1.65. The third-order valence-corrected chi connectivity index (χ3v) is 0.378. The Morgan fingerprint density at radius 3 is 2.00 bits per heavy atom. The molecular weight excluding hydrogens is 96.0 g/mol. The second kappa shape index (κ2) is 3.08. The SMILES string of the molecule is O/C=C(O)/C=C/O. The Balaban J connectivity index is 3.58. The predicted molar refractivity (Wildman–Crippen MR) is 25.1 cm³/mol. The van der Waals surface area contributed by atoms with Gasteiger partial charge in [0.05, 0.1) is 6.26 Å². The Morgan fingerprint density at radius 1 is 1.29 bits per heavy atom. The van der Waals surface area contributed by atoms with Crippen molar-refractivity contribution in [3.05, 3.63) is 24.4 Å². The molecule has 0 unspecified atom stereocenters. The molecule has 0 aromatic rings. The van der Waals surface area contributed by atoms with Crippen LogP contribution in [0.4, 0.5) is 0 Å². The summed E-state index contributed by atoms with van der Waals surface area (Å²) < 4.78 is 0. The van der Waals surface area contributed by atoms with Crippen LogP contribution in [0.2, 0.25) is 0 Å². The van der Waals surface area contributed by atoms with Crippen molar-refractivity contribution in [2.75, 3.05) is 0 Å². The highest BCUT2D eigenvalue weighted by Crippen LogP contribution is 1.84. The Kier molecular flexibility index (Phi) is 2.59. The molecule has 0 amide bonds. The summed E-state index contributed by atoms with van der Waals surface area (Å²) in [6, 6.07) is 0. The molecule has 0 saturated carbocycles. The van der Waals surface area contributed by atoms with Gasteiger partial charge in [-0.05, 0) is 0 Å². The molecule has 0 aliphatic heterocycles. The zero-order valence-corrected chi connectivity index (χ0v) is 3.57. The van der Waals surface area contributed by atoms with Crippen molar-refractivity contribution < 1.29 is 15.3 Å². The third kappa shape index (κ3) is 2.69. The topological polar surface area (TPSA) is 60.7 Å². The Bertz CT molecular complexity index is 93.1. The van der Waals surface area contributed by atoms with E-state index in [1.54, 1.807) is 0 Å². The molecule has 0 bridgehead atoms. The lowest BCUT2D eigenvalue weighted by atomic mass is 10.5. The summed E-state index contributed by atoms with van der Waals surface area (Å²) in [5.74, 6) is -0.373. The first-order valence-corrected chi connectivity index (χ1v) is 1.65. The van der Waals surface area contributed by atoms with Crippen molar-refractivity contribution in [1.29, 1.82) is 0 Å². The maximum atomic E-state index is 8.22. The molecule has 3 nitrogen and oxygen atoms in total. The largest absolute Gasteiger partial charge is 0.515 e. The maximum Gasteiger partial charge on any atom is 0.152 e. The van der Waals surface area contributed by atoms with E-state index >= 15 is 0 Å². The van der Waals surface area contributed by atoms with Gasteiger partial charge in [0, 0.05) is 6.08 Å². The summed E-state index contributed by atoms with van der Waals surface area (Å²) in [6.07, 6.45) is 2.05. The monoisotopic (exact) mass is 102 g/mol. The molecule has 0 heterocycles. The lowest BCUT2D eigenvalue weighted by molar-refractivity contribution is 0.373. The number of hydrogen-bond acceptors (Lipinski definition) is 3. The lowest BCUT2D eigenvalue weighted by Crippen LogP contribution is -1.70. The Hall–Kier alpha value is -1.12. The first-order chi connectivity index (χ1) is 3.31. The molecule has 3 heteroatoms. The molecule has 40 valence electrons. The maximum absolute atomic E-state index is 8.22. The van der Waals surface area contributed by atoms with Gasteiger partial charge in [-0.1, -0.05) is 0 Å². The van der Waals surface area contributed by atoms with E-state index in [9.17, 15) is 0 Å². The van der Waals surface area contributed by atoms with Crippen molar-refractivity contribution in [1.82, 2.24) is 0 Å². The van der Waals surface area contributed by atoms with Gasteiger partial charge in [0.25, 0.3) is 0 Å². The van der Waals surface area contributed by atoms with E-state index in [4.69, 9.17) is 15.3 Å². The van der Waals surface area contributed by atoms with Gasteiger partial charge >= 0.3 is 0 Å². The van der Waals surface area contributed by atoms with Crippen LogP contribution in [0.1, 0.15) is 0 Å². The van der Waals surface area contributed by atoms with Gasteiger partial charge in [0.1, 0.15) is 6.26 Å². The van der Waals surface area contributed by atoms with Gasteiger partial charge in [0.2, 0.25) is 0 Å². The van der Waals surface area contributed by atoms with Crippen LogP contribution in [0.5, 0.6) is 0 Å². The molecule has 3 N–H and O–H groups in total. The fourth-order valence-electron chi connectivity index (χ4n) is 0.119. The van der Waals surface area contributed by atoms with Gasteiger partial charge in [0.15, 0.2) is 5.76 Å². The first kappa shape index (κ1) is 5.88. The third-order valence-electron chi connectivity index (χ3n) is 0.378. The fourth-order valence-corrected chi connectivity index (χ4v) is 0.119.